The second kappa shape index (κ2) is 7.01. The van der Waals surface area contributed by atoms with Crippen molar-refractivity contribution in [2.24, 2.45) is 5.10 Å². The third-order valence-corrected chi connectivity index (χ3v) is 5.04. The normalized spacial score (nSPS) is 14.0. The smallest absolute Gasteiger partial charge is 0.253 e. The Hall–Kier alpha value is -2.07. The molecule has 0 N–H and O–H groups in total. The number of hydrazone groups is 1. The Bertz CT molecular complexity index is 740. The van der Waals surface area contributed by atoms with Gasteiger partial charge < -0.3 is 0 Å². The average Bonchev–Trinajstić information content (AvgIpc) is 3.05. The molecule has 1 heterocycles. The van der Waals surface area contributed by atoms with Crippen LogP contribution in [0, 0.1) is 13.8 Å². The first-order chi connectivity index (χ1) is 11.1. The number of aryl methyl sites for hydroxylation is 2. The van der Waals surface area contributed by atoms with Crippen LogP contribution in [0.4, 0.5) is 0 Å². The summed E-state index contributed by atoms with van der Waals surface area (Å²) < 4.78 is 0. The number of carbonyl (C=O) groups is 1. The Morgan fingerprint density at radius 1 is 1.17 bits per heavy atom. The first kappa shape index (κ1) is 15.8. The Balaban J connectivity index is 1.62. The Kier molecular flexibility index (Phi) is 4.82. The molecule has 0 fully saturated rings. The van der Waals surface area contributed by atoms with Gasteiger partial charge in [0.25, 0.3) is 5.91 Å². The van der Waals surface area contributed by atoms with E-state index in [1.165, 1.54) is 11.1 Å². The average molecular weight is 324 g/mol. The van der Waals surface area contributed by atoms with Gasteiger partial charge in [-0.1, -0.05) is 48.0 Å². The van der Waals surface area contributed by atoms with E-state index in [1.54, 1.807) is 16.8 Å². The van der Waals surface area contributed by atoms with E-state index < -0.39 is 0 Å². The fourth-order valence-corrected chi connectivity index (χ4v) is 3.52. The molecule has 4 heteroatoms. The summed E-state index contributed by atoms with van der Waals surface area (Å²) in [6.07, 6.45) is 0.823. The monoisotopic (exact) mass is 324 g/mol. The molecule has 0 bridgehead atoms. The van der Waals surface area contributed by atoms with E-state index in [9.17, 15) is 4.79 Å². The van der Waals surface area contributed by atoms with Crippen LogP contribution >= 0.6 is 11.8 Å². The number of carbonyl (C=O) groups excluding carboxylic acids is 1. The van der Waals surface area contributed by atoms with Crippen molar-refractivity contribution < 1.29 is 4.79 Å². The largest absolute Gasteiger partial charge is 0.272 e. The van der Waals surface area contributed by atoms with Crippen LogP contribution in [-0.2, 0) is 4.79 Å². The molecule has 23 heavy (non-hydrogen) atoms. The number of thioether (sulfide) groups is 1. The first-order valence-electron chi connectivity index (χ1n) is 7.77. The first-order valence-corrected chi connectivity index (χ1v) is 8.75. The lowest BCUT2D eigenvalue weighted by Gasteiger charge is -2.12. The maximum Gasteiger partial charge on any atom is 0.253 e. The summed E-state index contributed by atoms with van der Waals surface area (Å²) in [6, 6.07) is 16.4. The minimum Gasteiger partial charge on any atom is -0.272 e. The molecule has 118 valence electrons. The van der Waals surface area contributed by atoms with Crippen molar-refractivity contribution in [3.8, 4) is 0 Å². The molecule has 0 spiro atoms. The standard InChI is InChI=1S/C19H20N2OS/c1-14-8-9-18(15(2)12-14)23-13-19(22)21-11-10-17(20-21)16-6-4-3-5-7-16/h3-9,12H,10-11,13H2,1-2H3. The molecule has 0 aliphatic carbocycles. The molecular weight excluding hydrogens is 304 g/mol. The van der Waals surface area contributed by atoms with E-state index in [2.05, 4.69) is 37.1 Å². The highest BCUT2D eigenvalue weighted by molar-refractivity contribution is 8.00. The predicted molar refractivity (Wildman–Crippen MR) is 95.9 cm³/mol. The van der Waals surface area contributed by atoms with Crippen LogP contribution in [0.2, 0.25) is 0 Å². The molecular formula is C19H20N2OS. The lowest BCUT2D eigenvalue weighted by Crippen LogP contribution is -2.25. The molecule has 2 aromatic rings. The fraction of sp³-hybridized carbons (Fsp3) is 0.263. The number of benzene rings is 2. The second-order valence-corrected chi connectivity index (χ2v) is 6.75. The van der Waals surface area contributed by atoms with Gasteiger partial charge in [-0.3, -0.25) is 4.79 Å². The number of rotatable bonds is 4. The van der Waals surface area contributed by atoms with Gasteiger partial charge in [0.1, 0.15) is 0 Å². The zero-order chi connectivity index (χ0) is 16.2. The van der Waals surface area contributed by atoms with Crippen molar-refractivity contribution in [3.05, 3.63) is 65.2 Å². The van der Waals surface area contributed by atoms with Crippen LogP contribution in [0.5, 0.6) is 0 Å². The van der Waals surface area contributed by atoms with E-state index in [-0.39, 0.29) is 5.91 Å². The summed E-state index contributed by atoms with van der Waals surface area (Å²) >= 11 is 1.59. The van der Waals surface area contributed by atoms with Gasteiger partial charge in [0.15, 0.2) is 0 Å². The van der Waals surface area contributed by atoms with Gasteiger partial charge in [-0.25, -0.2) is 5.01 Å². The molecule has 1 aliphatic heterocycles. The van der Waals surface area contributed by atoms with Gasteiger partial charge in [-0.2, -0.15) is 5.10 Å². The third kappa shape index (κ3) is 3.82. The fourth-order valence-electron chi connectivity index (χ4n) is 2.65. The van der Waals surface area contributed by atoms with Crippen molar-refractivity contribution in [2.75, 3.05) is 12.3 Å². The summed E-state index contributed by atoms with van der Waals surface area (Å²) in [5.74, 6) is 0.496. The Morgan fingerprint density at radius 2 is 1.96 bits per heavy atom. The van der Waals surface area contributed by atoms with Crippen LogP contribution < -0.4 is 0 Å². The van der Waals surface area contributed by atoms with Crippen LogP contribution in [0.3, 0.4) is 0 Å². The summed E-state index contributed by atoms with van der Waals surface area (Å²) in [4.78, 5) is 13.5. The van der Waals surface area contributed by atoms with Crippen molar-refractivity contribution in [1.29, 1.82) is 0 Å². The van der Waals surface area contributed by atoms with Crippen molar-refractivity contribution in [3.63, 3.8) is 0 Å². The van der Waals surface area contributed by atoms with E-state index in [0.29, 0.717) is 12.3 Å². The third-order valence-electron chi connectivity index (χ3n) is 3.88. The molecule has 0 aromatic heterocycles. The topological polar surface area (TPSA) is 32.7 Å². The molecule has 0 atom stereocenters. The number of amides is 1. The maximum atomic E-state index is 12.4. The molecule has 3 rings (SSSR count). The van der Waals surface area contributed by atoms with Gasteiger partial charge in [0, 0.05) is 11.3 Å². The minimum absolute atomic E-state index is 0.0703. The van der Waals surface area contributed by atoms with Crippen LogP contribution in [-0.4, -0.2) is 28.9 Å². The molecule has 0 saturated heterocycles. The molecule has 2 aromatic carbocycles. The van der Waals surface area contributed by atoms with Crippen molar-refractivity contribution >= 4 is 23.4 Å². The molecule has 0 saturated carbocycles. The molecule has 0 radical (unpaired) electrons. The lowest BCUT2D eigenvalue weighted by atomic mass is 10.1. The van der Waals surface area contributed by atoms with E-state index in [0.717, 1.165) is 22.6 Å². The summed E-state index contributed by atoms with van der Waals surface area (Å²) in [5, 5.41) is 6.10. The summed E-state index contributed by atoms with van der Waals surface area (Å²) in [7, 11) is 0. The van der Waals surface area contributed by atoms with Crippen LogP contribution in [0.25, 0.3) is 0 Å². The van der Waals surface area contributed by atoms with E-state index >= 15 is 0 Å². The summed E-state index contributed by atoms with van der Waals surface area (Å²) in [5.41, 5.74) is 4.56. The highest BCUT2D eigenvalue weighted by atomic mass is 32.2. The number of hydrogen-bond donors (Lipinski definition) is 0. The second-order valence-electron chi connectivity index (χ2n) is 5.74. The Morgan fingerprint density at radius 3 is 2.70 bits per heavy atom. The zero-order valence-electron chi connectivity index (χ0n) is 13.5. The zero-order valence-corrected chi connectivity index (χ0v) is 14.3. The van der Waals surface area contributed by atoms with Gasteiger partial charge in [-0.05, 0) is 31.0 Å². The lowest BCUT2D eigenvalue weighted by molar-refractivity contribution is -0.127. The minimum atomic E-state index is 0.0703. The number of hydrogen-bond acceptors (Lipinski definition) is 3. The van der Waals surface area contributed by atoms with E-state index in [4.69, 9.17) is 0 Å². The van der Waals surface area contributed by atoms with Crippen LogP contribution in [0.1, 0.15) is 23.1 Å². The van der Waals surface area contributed by atoms with Crippen molar-refractivity contribution in [1.82, 2.24) is 5.01 Å². The van der Waals surface area contributed by atoms with Gasteiger partial charge in [0.2, 0.25) is 0 Å². The highest BCUT2D eigenvalue weighted by Gasteiger charge is 2.21. The van der Waals surface area contributed by atoms with Crippen molar-refractivity contribution in [2.45, 2.75) is 25.2 Å². The Labute approximate surface area is 141 Å². The van der Waals surface area contributed by atoms with Gasteiger partial charge in [0.05, 0.1) is 18.0 Å². The molecule has 3 nitrogen and oxygen atoms in total. The number of nitrogens with zero attached hydrogens (tertiary/aromatic N) is 2. The molecule has 1 aliphatic rings. The maximum absolute atomic E-state index is 12.4. The van der Waals surface area contributed by atoms with Crippen LogP contribution in [0.15, 0.2) is 58.5 Å². The van der Waals surface area contributed by atoms with E-state index in [1.807, 2.05) is 30.3 Å². The molecule has 1 amide bonds. The quantitative estimate of drug-likeness (QED) is 0.795. The predicted octanol–water partition coefficient (Wildman–Crippen LogP) is 4.03. The summed E-state index contributed by atoms with van der Waals surface area (Å²) in [6.45, 7) is 4.84. The highest BCUT2D eigenvalue weighted by Crippen LogP contribution is 2.24. The molecule has 0 unspecified atom stereocenters. The van der Waals surface area contributed by atoms with Gasteiger partial charge >= 0.3 is 0 Å². The van der Waals surface area contributed by atoms with Gasteiger partial charge in [-0.15, -0.1) is 11.8 Å². The SMILES string of the molecule is Cc1ccc(SCC(=O)N2CCC(c3ccccc3)=N2)c(C)c1.